The molecule has 0 atom stereocenters. The average molecular weight is 442 g/mol. The van der Waals surface area contributed by atoms with Crippen LogP contribution in [0.15, 0.2) is 41.2 Å². The first kappa shape index (κ1) is 22.3. The number of morpholine rings is 1. The summed E-state index contributed by atoms with van der Waals surface area (Å²) in [6.45, 7) is 7.91. The molecule has 0 unspecified atom stereocenters. The lowest BCUT2D eigenvalue weighted by atomic mass is 10.1. The van der Waals surface area contributed by atoms with E-state index in [-0.39, 0.29) is 11.4 Å². The van der Waals surface area contributed by atoms with E-state index in [0.717, 1.165) is 38.4 Å². The number of rotatable bonds is 9. The van der Waals surface area contributed by atoms with Crippen molar-refractivity contribution in [2.24, 2.45) is 0 Å². The third-order valence-corrected chi connectivity index (χ3v) is 5.42. The highest BCUT2D eigenvalue weighted by Gasteiger charge is 2.15. The predicted octanol–water partition coefficient (Wildman–Crippen LogP) is 2.38. The van der Waals surface area contributed by atoms with Gasteiger partial charge in [-0.25, -0.2) is 14.4 Å². The van der Waals surface area contributed by atoms with E-state index in [9.17, 15) is 9.18 Å². The molecule has 0 radical (unpaired) electrons. The first-order chi connectivity index (χ1) is 15.7. The molecule has 1 aromatic carbocycles. The molecular weight excluding hydrogens is 413 g/mol. The van der Waals surface area contributed by atoms with Crippen LogP contribution >= 0.6 is 0 Å². The smallest absolute Gasteiger partial charge is 0.295 e. The Bertz CT molecular complexity index is 1100. The van der Waals surface area contributed by atoms with Crippen LogP contribution in [0.25, 0.3) is 22.4 Å². The van der Waals surface area contributed by atoms with Gasteiger partial charge in [-0.3, -0.25) is 14.3 Å². The second kappa shape index (κ2) is 10.6. The van der Waals surface area contributed by atoms with E-state index in [2.05, 4.69) is 20.2 Å². The van der Waals surface area contributed by atoms with Gasteiger partial charge < -0.3 is 14.8 Å². The molecule has 3 heterocycles. The van der Waals surface area contributed by atoms with Gasteiger partial charge in [0, 0.05) is 38.3 Å². The monoisotopic (exact) mass is 441 g/mol. The normalized spacial score (nSPS) is 14.7. The van der Waals surface area contributed by atoms with Crippen LogP contribution in [0.3, 0.4) is 0 Å². The van der Waals surface area contributed by atoms with E-state index in [1.54, 1.807) is 16.7 Å². The summed E-state index contributed by atoms with van der Waals surface area (Å²) in [6, 6.07) is 9.79. The summed E-state index contributed by atoms with van der Waals surface area (Å²) < 4.78 is 25.8. The molecule has 32 heavy (non-hydrogen) atoms. The first-order valence-electron chi connectivity index (χ1n) is 10.9. The lowest BCUT2D eigenvalue weighted by Gasteiger charge is -2.26. The minimum Gasteiger partial charge on any atom is -0.380 e. The van der Waals surface area contributed by atoms with E-state index in [4.69, 9.17) is 9.47 Å². The molecule has 8 nitrogen and oxygen atoms in total. The molecular formula is C23H28FN5O3. The van der Waals surface area contributed by atoms with Crippen molar-refractivity contribution in [3.05, 3.63) is 52.6 Å². The van der Waals surface area contributed by atoms with Gasteiger partial charge in [0.25, 0.3) is 5.56 Å². The molecule has 1 N–H and O–H groups in total. The number of anilines is 1. The van der Waals surface area contributed by atoms with Gasteiger partial charge >= 0.3 is 0 Å². The Hall–Kier alpha value is -2.88. The maximum Gasteiger partial charge on any atom is 0.295 e. The maximum atomic E-state index is 13.3. The van der Waals surface area contributed by atoms with Crippen LogP contribution in [0, 0.1) is 5.82 Å². The van der Waals surface area contributed by atoms with Crippen molar-refractivity contribution in [2.75, 3.05) is 57.9 Å². The van der Waals surface area contributed by atoms with Crippen molar-refractivity contribution < 1.29 is 13.9 Å². The fraction of sp³-hybridized carbons (Fsp3) is 0.435. The van der Waals surface area contributed by atoms with Crippen molar-refractivity contribution >= 4 is 17.0 Å². The SMILES string of the molecule is CCOCCn1c(=O)c(NCCN2CCOCC2)nc2ccc(-c3ccc(F)cc3)nc21. The third kappa shape index (κ3) is 5.29. The summed E-state index contributed by atoms with van der Waals surface area (Å²) in [5.74, 6) is -0.00351. The standard InChI is InChI=1S/C23H28FN5O3/c1-2-31-16-13-29-22-20(8-7-19(27-22)17-3-5-18(24)6-4-17)26-21(23(29)30)25-9-10-28-11-14-32-15-12-28/h3-8H,2,9-16H2,1H3,(H,25,26). The zero-order valence-electron chi connectivity index (χ0n) is 18.2. The topological polar surface area (TPSA) is 81.5 Å². The predicted molar refractivity (Wildman–Crippen MR) is 121 cm³/mol. The van der Waals surface area contributed by atoms with Gasteiger partial charge in [0.1, 0.15) is 11.3 Å². The van der Waals surface area contributed by atoms with Gasteiger partial charge in [0.15, 0.2) is 11.5 Å². The average Bonchev–Trinajstić information content (AvgIpc) is 2.82. The van der Waals surface area contributed by atoms with Gasteiger partial charge in [0.05, 0.1) is 32.1 Å². The first-order valence-corrected chi connectivity index (χ1v) is 10.9. The Morgan fingerprint density at radius 3 is 2.62 bits per heavy atom. The quantitative estimate of drug-likeness (QED) is 0.511. The van der Waals surface area contributed by atoms with Crippen LogP contribution in [0.5, 0.6) is 0 Å². The van der Waals surface area contributed by atoms with Crippen LogP contribution in [0.4, 0.5) is 10.2 Å². The summed E-state index contributed by atoms with van der Waals surface area (Å²) in [5, 5.41) is 3.20. The Kier molecular flexibility index (Phi) is 7.41. The number of hydrogen-bond donors (Lipinski definition) is 1. The fourth-order valence-corrected chi connectivity index (χ4v) is 3.68. The molecule has 0 aliphatic carbocycles. The highest BCUT2D eigenvalue weighted by molar-refractivity contribution is 5.76. The molecule has 170 valence electrons. The van der Waals surface area contributed by atoms with Crippen molar-refractivity contribution in [2.45, 2.75) is 13.5 Å². The number of aromatic nitrogens is 3. The minimum absolute atomic E-state index is 0.233. The summed E-state index contributed by atoms with van der Waals surface area (Å²) in [5.41, 5.74) is 2.28. The molecule has 1 aliphatic heterocycles. The van der Waals surface area contributed by atoms with Gasteiger partial charge in [-0.05, 0) is 43.3 Å². The second-order valence-corrected chi connectivity index (χ2v) is 7.54. The van der Waals surface area contributed by atoms with Crippen LogP contribution < -0.4 is 10.9 Å². The summed E-state index contributed by atoms with van der Waals surface area (Å²) in [7, 11) is 0. The van der Waals surface area contributed by atoms with Gasteiger partial charge in [-0.1, -0.05) is 0 Å². The number of hydrogen-bond acceptors (Lipinski definition) is 7. The number of fused-ring (bicyclic) bond motifs is 1. The van der Waals surface area contributed by atoms with E-state index < -0.39 is 0 Å². The van der Waals surface area contributed by atoms with Crippen LogP contribution in [-0.2, 0) is 16.0 Å². The molecule has 9 heteroatoms. The van der Waals surface area contributed by atoms with Crippen LogP contribution in [0.1, 0.15) is 6.92 Å². The van der Waals surface area contributed by atoms with Gasteiger partial charge in [-0.2, -0.15) is 0 Å². The minimum atomic E-state index is -0.308. The van der Waals surface area contributed by atoms with Crippen molar-refractivity contribution in [3.8, 4) is 11.3 Å². The molecule has 0 bridgehead atoms. The van der Waals surface area contributed by atoms with Gasteiger partial charge in [0.2, 0.25) is 0 Å². The Morgan fingerprint density at radius 1 is 1.09 bits per heavy atom. The molecule has 2 aromatic heterocycles. The second-order valence-electron chi connectivity index (χ2n) is 7.54. The highest BCUT2D eigenvalue weighted by atomic mass is 19.1. The Labute approximate surface area is 186 Å². The Balaban J connectivity index is 1.62. The molecule has 1 aliphatic rings. The third-order valence-electron chi connectivity index (χ3n) is 5.42. The van der Waals surface area contributed by atoms with Crippen molar-refractivity contribution in [3.63, 3.8) is 0 Å². The highest BCUT2D eigenvalue weighted by Crippen LogP contribution is 2.20. The summed E-state index contributed by atoms with van der Waals surface area (Å²) in [4.78, 5) is 24.7. The van der Waals surface area contributed by atoms with Crippen LogP contribution in [0.2, 0.25) is 0 Å². The number of benzene rings is 1. The molecule has 3 aromatic rings. The zero-order valence-corrected chi connectivity index (χ0v) is 18.2. The van der Waals surface area contributed by atoms with E-state index in [1.807, 2.05) is 19.1 Å². The molecule has 0 spiro atoms. The van der Waals surface area contributed by atoms with Crippen molar-refractivity contribution in [1.29, 1.82) is 0 Å². The number of halogens is 1. The summed E-state index contributed by atoms with van der Waals surface area (Å²) in [6.07, 6.45) is 0. The van der Waals surface area contributed by atoms with Crippen LogP contribution in [-0.4, -0.2) is 72.0 Å². The number of pyridine rings is 1. The molecule has 4 rings (SSSR count). The van der Waals surface area contributed by atoms with Crippen molar-refractivity contribution in [1.82, 2.24) is 19.4 Å². The van der Waals surface area contributed by atoms with E-state index in [1.165, 1.54) is 12.1 Å². The molecule has 0 saturated carbocycles. The van der Waals surface area contributed by atoms with E-state index >= 15 is 0 Å². The molecule has 1 fully saturated rings. The fourth-order valence-electron chi connectivity index (χ4n) is 3.68. The lowest BCUT2D eigenvalue weighted by molar-refractivity contribution is 0.0398. The van der Waals surface area contributed by atoms with Gasteiger partial charge in [-0.15, -0.1) is 0 Å². The largest absolute Gasteiger partial charge is 0.380 e. The molecule has 1 saturated heterocycles. The number of ether oxygens (including phenoxy) is 2. The van der Waals surface area contributed by atoms with E-state index in [0.29, 0.717) is 49.0 Å². The maximum absolute atomic E-state index is 13.3. The summed E-state index contributed by atoms with van der Waals surface area (Å²) >= 11 is 0. The Morgan fingerprint density at radius 2 is 1.88 bits per heavy atom. The molecule has 0 amide bonds. The number of nitrogens with zero attached hydrogens (tertiary/aromatic N) is 4. The zero-order chi connectivity index (χ0) is 22.3. The lowest BCUT2D eigenvalue weighted by Crippen LogP contribution is -2.39. The number of nitrogens with one attached hydrogen (secondary N) is 1.